The summed E-state index contributed by atoms with van der Waals surface area (Å²) in [6, 6.07) is 6.18. The average molecular weight is 315 g/mol. The van der Waals surface area contributed by atoms with Crippen molar-refractivity contribution < 1.29 is 17.9 Å². The van der Waals surface area contributed by atoms with E-state index in [0.717, 1.165) is 0 Å². The van der Waals surface area contributed by atoms with Crippen molar-refractivity contribution in [1.29, 1.82) is 0 Å². The van der Waals surface area contributed by atoms with Gasteiger partial charge in [-0.1, -0.05) is 6.07 Å². The van der Waals surface area contributed by atoms with Crippen LogP contribution in [0.4, 0.5) is 13.2 Å². The molecule has 0 N–H and O–H groups in total. The molecule has 0 spiro atoms. The van der Waals surface area contributed by atoms with Gasteiger partial charge in [0.25, 0.3) is 0 Å². The van der Waals surface area contributed by atoms with Crippen LogP contribution in [0.25, 0.3) is 11.1 Å². The highest BCUT2D eigenvalue weighted by atomic mass is 35.5. The smallest absolute Gasteiger partial charge is 0.195 e. The van der Waals surface area contributed by atoms with Crippen LogP contribution in [0.15, 0.2) is 24.3 Å². The molecule has 5 heteroatoms. The molecule has 0 atom stereocenters. The Morgan fingerprint density at radius 3 is 2.33 bits per heavy atom. The van der Waals surface area contributed by atoms with Crippen LogP contribution in [0.1, 0.15) is 18.1 Å². The largest absolute Gasteiger partial charge is 0.494 e. The zero-order valence-corrected chi connectivity index (χ0v) is 12.4. The number of hydrogen-bond donors (Lipinski definition) is 0. The van der Waals surface area contributed by atoms with Crippen molar-refractivity contribution >= 4 is 11.6 Å². The van der Waals surface area contributed by atoms with E-state index in [-0.39, 0.29) is 17.0 Å². The molecular weight excluding hydrogens is 301 g/mol. The topological polar surface area (TPSA) is 9.23 Å². The Morgan fingerprint density at radius 2 is 1.71 bits per heavy atom. The van der Waals surface area contributed by atoms with Gasteiger partial charge in [-0.15, -0.1) is 11.6 Å². The molecule has 2 aromatic carbocycles. The second kappa shape index (κ2) is 6.39. The Balaban J connectivity index is 2.62. The fraction of sp³-hybridized carbons (Fsp3) is 0.250. The third-order valence-corrected chi connectivity index (χ3v) is 3.44. The molecule has 0 unspecified atom stereocenters. The predicted octanol–water partition coefficient (Wildman–Crippen LogP) is 5.22. The maximum Gasteiger partial charge on any atom is 0.195 e. The summed E-state index contributed by atoms with van der Waals surface area (Å²) in [5.74, 6) is -3.16. The quantitative estimate of drug-likeness (QED) is 0.555. The summed E-state index contributed by atoms with van der Waals surface area (Å²) in [7, 11) is 0. The minimum absolute atomic E-state index is 0.00917. The highest BCUT2D eigenvalue weighted by Crippen LogP contribution is 2.33. The lowest BCUT2D eigenvalue weighted by molar-refractivity contribution is 0.340. The van der Waals surface area contributed by atoms with Crippen LogP contribution < -0.4 is 4.74 Å². The van der Waals surface area contributed by atoms with Gasteiger partial charge in [0.05, 0.1) is 6.61 Å². The molecule has 2 rings (SSSR count). The van der Waals surface area contributed by atoms with Crippen LogP contribution in [-0.4, -0.2) is 6.61 Å². The highest BCUT2D eigenvalue weighted by Gasteiger charge is 2.19. The van der Waals surface area contributed by atoms with E-state index in [1.165, 1.54) is 13.0 Å². The molecule has 0 radical (unpaired) electrons. The van der Waals surface area contributed by atoms with Crippen LogP contribution in [-0.2, 0) is 5.88 Å². The number of rotatable bonds is 4. The summed E-state index contributed by atoms with van der Waals surface area (Å²) in [5, 5.41) is 0. The van der Waals surface area contributed by atoms with Crippen LogP contribution >= 0.6 is 11.6 Å². The lowest BCUT2D eigenvalue weighted by atomic mass is 9.97. The van der Waals surface area contributed by atoms with E-state index in [4.69, 9.17) is 16.3 Å². The zero-order chi connectivity index (χ0) is 15.6. The maximum absolute atomic E-state index is 14.0. The van der Waals surface area contributed by atoms with Crippen LogP contribution in [0.5, 0.6) is 5.75 Å². The number of hydrogen-bond acceptors (Lipinski definition) is 1. The van der Waals surface area contributed by atoms with E-state index in [1.54, 1.807) is 18.2 Å². The molecule has 0 aliphatic carbocycles. The number of ether oxygens (including phenoxy) is 1. The fourth-order valence-corrected chi connectivity index (χ4v) is 2.35. The van der Waals surface area contributed by atoms with Crippen molar-refractivity contribution in [3.8, 4) is 16.9 Å². The molecule has 0 fully saturated rings. The van der Waals surface area contributed by atoms with E-state index in [2.05, 4.69) is 0 Å². The Kier molecular flexibility index (Phi) is 4.78. The first-order valence-corrected chi connectivity index (χ1v) is 6.99. The molecule has 0 aliphatic rings. The molecule has 0 aromatic heterocycles. The predicted molar refractivity (Wildman–Crippen MR) is 77.2 cm³/mol. The summed E-state index contributed by atoms with van der Waals surface area (Å²) in [4.78, 5) is 0. The molecule has 0 saturated carbocycles. The van der Waals surface area contributed by atoms with Crippen molar-refractivity contribution in [2.45, 2.75) is 19.7 Å². The number of benzene rings is 2. The monoisotopic (exact) mass is 314 g/mol. The van der Waals surface area contributed by atoms with Crippen LogP contribution in [0, 0.1) is 24.4 Å². The Hall–Kier alpha value is -1.68. The van der Waals surface area contributed by atoms with E-state index < -0.39 is 17.5 Å². The molecule has 2 aromatic rings. The van der Waals surface area contributed by atoms with Gasteiger partial charge in [0, 0.05) is 11.4 Å². The summed E-state index contributed by atoms with van der Waals surface area (Å²) < 4.78 is 46.3. The van der Waals surface area contributed by atoms with Crippen molar-refractivity contribution in [2.75, 3.05) is 6.61 Å². The molecule has 21 heavy (non-hydrogen) atoms. The first-order chi connectivity index (χ1) is 9.99. The average Bonchev–Trinajstić information content (AvgIpc) is 2.49. The minimum Gasteiger partial charge on any atom is -0.494 e. The SMILES string of the molecule is CCOc1ccc(-c2cc(C)c(F)c(F)c2F)c(CCl)c1. The van der Waals surface area contributed by atoms with Gasteiger partial charge in [-0.25, -0.2) is 13.2 Å². The summed E-state index contributed by atoms with van der Waals surface area (Å²) in [6.45, 7) is 3.71. The van der Waals surface area contributed by atoms with Gasteiger partial charge in [-0.05, 0) is 48.7 Å². The van der Waals surface area contributed by atoms with Gasteiger partial charge < -0.3 is 4.74 Å². The summed E-state index contributed by atoms with van der Waals surface area (Å²) in [6.07, 6.45) is 0. The van der Waals surface area contributed by atoms with Gasteiger partial charge in [0.1, 0.15) is 5.75 Å². The second-order valence-electron chi connectivity index (χ2n) is 4.57. The standard InChI is InChI=1S/C16H14ClF3O/c1-3-21-11-4-5-12(10(7-11)8-17)13-6-9(2)14(18)16(20)15(13)19/h4-7H,3,8H2,1-2H3. The van der Waals surface area contributed by atoms with Gasteiger partial charge in [-0.2, -0.15) is 0 Å². The van der Waals surface area contributed by atoms with Crippen molar-refractivity contribution in [2.24, 2.45) is 0 Å². The molecule has 1 nitrogen and oxygen atoms in total. The van der Waals surface area contributed by atoms with Gasteiger partial charge in [0.15, 0.2) is 17.5 Å². The highest BCUT2D eigenvalue weighted by molar-refractivity contribution is 6.17. The van der Waals surface area contributed by atoms with Crippen LogP contribution in [0.2, 0.25) is 0 Å². The van der Waals surface area contributed by atoms with Crippen molar-refractivity contribution in [3.63, 3.8) is 0 Å². The molecular formula is C16H14ClF3O. The van der Waals surface area contributed by atoms with Gasteiger partial charge in [0.2, 0.25) is 0 Å². The molecule has 0 aliphatic heterocycles. The first-order valence-electron chi connectivity index (χ1n) is 6.45. The van der Waals surface area contributed by atoms with Gasteiger partial charge >= 0.3 is 0 Å². The molecule has 0 saturated heterocycles. The van der Waals surface area contributed by atoms with E-state index in [1.807, 2.05) is 6.92 Å². The fourth-order valence-electron chi connectivity index (χ4n) is 2.13. The lowest BCUT2D eigenvalue weighted by Crippen LogP contribution is -2.00. The molecule has 0 heterocycles. The van der Waals surface area contributed by atoms with Crippen molar-refractivity contribution in [1.82, 2.24) is 0 Å². The third kappa shape index (κ3) is 3.00. The maximum atomic E-state index is 14.0. The number of aryl methyl sites for hydroxylation is 1. The normalized spacial score (nSPS) is 10.8. The Labute approximate surface area is 126 Å². The Bertz CT molecular complexity index is 671. The molecule has 112 valence electrons. The number of alkyl halides is 1. The molecule has 0 amide bonds. The summed E-state index contributed by atoms with van der Waals surface area (Å²) >= 11 is 5.87. The van der Waals surface area contributed by atoms with Crippen molar-refractivity contribution in [3.05, 3.63) is 52.8 Å². The summed E-state index contributed by atoms with van der Waals surface area (Å²) in [5.41, 5.74) is 1.04. The van der Waals surface area contributed by atoms with Gasteiger partial charge in [-0.3, -0.25) is 0 Å². The number of halogens is 4. The Morgan fingerprint density at radius 1 is 1.00 bits per heavy atom. The zero-order valence-electron chi connectivity index (χ0n) is 11.6. The minimum atomic E-state index is -1.47. The first kappa shape index (κ1) is 15.7. The van der Waals surface area contributed by atoms with E-state index in [0.29, 0.717) is 23.5 Å². The van der Waals surface area contributed by atoms with E-state index >= 15 is 0 Å². The third-order valence-electron chi connectivity index (χ3n) is 3.15. The van der Waals surface area contributed by atoms with Crippen LogP contribution in [0.3, 0.4) is 0 Å². The van der Waals surface area contributed by atoms with E-state index in [9.17, 15) is 13.2 Å². The lowest BCUT2D eigenvalue weighted by Gasteiger charge is -2.13. The second-order valence-corrected chi connectivity index (χ2v) is 4.84. The molecule has 0 bridgehead atoms.